The Labute approximate surface area is 171 Å². The molecule has 0 atom stereocenters. The lowest BCUT2D eigenvalue weighted by Crippen LogP contribution is -2.44. The number of carbonyl (C=O) groups is 2. The van der Waals surface area contributed by atoms with Crippen LogP contribution >= 0.6 is 0 Å². The number of hydrogen-bond acceptors (Lipinski definition) is 6. The summed E-state index contributed by atoms with van der Waals surface area (Å²) in [4.78, 5) is 37.7. The van der Waals surface area contributed by atoms with Crippen molar-refractivity contribution < 1.29 is 9.59 Å². The predicted molar refractivity (Wildman–Crippen MR) is 110 cm³/mol. The van der Waals surface area contributed by atoms with E-state index >= 15 is 0 Å². The molecule has 2 aromatic rings. The van der Waals surface area contributed by atoms with Crippen LogP contribution in [0, 0.1) is 19.8 Å². The maximum Gasteiger partial charge on any atom is 0.254 e. The number of anilines is 1. The van der Waals surface area contributed by atoms with Gasteiger partial charge >= 0.3 is 0 Å². The molecule has 0 radical (unpaired) electrons. The highest BCUT2D eigenvalue weighted by Crippen LogP contribution is 2.22. The van der Waals surface area contributed by atoms with Gasteiger partial charge in [0.1, 0.15) is 0 Å². The summed E-state index contributed by atoms with van der Waals surface area (Å²) in [6.45, 7) is 7.92. The number of likely N-dealkylation sites (tertiary alicyclic amines) is 1. The van der Waals surface area contributed by atoms with E-state index in [0.29, 0.717) is 18.9 Å². The van der Waals surface area contributed by atoms with E-state index in [4.69, 9.17) is 5.73 Å². The summed E-state index contributed by atoms with van der Waals surface area (Å²) in [6.07, 6.45) is 3.79. The number of nitrogens with zero attached hydrogens (tertiary/aromatic N) is 6. The zero-order chi connectivity index (χ0) is 21.1. The standard InChI is InChI=1S/C20H31N7O2/c1-5-6-9-25(4)18(29)15-7-10-26(11-8-15)17(28)12-16-13(2)22-20-23-19(21)24-27(20)14(16)3/h15H,5-12H2,1-4H3,(H2,21,24). The van der Waals surface area contributed by atoms with Crippen molar-refractivity contribution in [3.05, 3.63) is 17.0 Å². The van der Waals surface area contributed by atoms with Crippen molar-refractivity contribution in [2.24, 2.45) is 5.92 Å². The number of hydrogen-bond donors (Lipinski definition) is 1. The number of nitrogen functional groups attached to an aromatic ring is 1. The molecule has 3 rings (SSSR count). The molecule has 9 nitrogen and oxygen atoms in total. The third kappa shape index (κ3) is 4.49. The fourth-order valence-corrected chi connectivity index (χ4v) is 3.94. The minimum atomic E-state index is 0.0144. The van der Waals surface area contributed by atoms with Gasteiger partial charge in [-0.2, -0.15) is 9.50 Å². The van der Waals surface area contributed by atoms with Crippen LogP contribution in [0.25, 0.3) is 5.78 Å². The van der Waals surface area contributed by atoms with Crippen LogP contribution < -0.4 is 5.73 Å². The molecule has 2 N–H and O–H groups in total. The summed E-state index contributed by atoms with van der Waals surface area (Å²) < 4.78 is 1.59. The average molecular weight is 402 g/mol. The van der Waals surface area contributed by atoms with Gasteiger partial charge in [0.2, 0.25) is 17.8 Å². The first kappa shape index (κ1) is 21.0. The normalized spacial score (nSPS) is 15.1. The zero-order valence-corrected chi connectivity index (χ0v) is 17.8. The molecule has 3 heterocycles. The van der Waals surface area contributed by atoms with Gasteiger partial charge in [-0.05, 0) is 33.1 Å². The van der Waals surface area contributed by atoms with Crippen molar-refractivity contribution in [2.45, 2.75) is 52.9 Å². The lowest BCUT2D eigenvalue weighted by Gasteiger charge is -2.33. The fourth-order valence-electron chi connectivity index (χ4n) is 3.94. The Morgan fingerprint density at radius 3 is 2.55 bits per heavy atom. The van der Waals surface area contributed by atoms with E-state index in [0.717, 1.165) is 49.2 Å². The molecule has 1 aliphatic heterocycles. The third-order valence-electron chi connectivity index (χ3n) is 5.81. The molecule has 1 aliphatic rings. The molecule has 2 amide bonds. The number of piperidine rings is 1. The van der Waals surface area contributed by atoms with Crippen LogP contribution in [0.2, 0.25) is 0 Å². The maximum absolute atomic E-state index is 12.9. The van der Waals surface area contributed by atoms with Crippen LogP contribution in [-0.2, 0) is 16.0 Å². The Hall–Kier alpha value is -2.71. The molecule has 0 unspecified atom stereocenters. The second kappa shape index (κ2) is 8.75. The summed E-state index contributed by atoms with van der Waals surface area (Å²) in [5.41, 5.74) is 8.11. The summed E-state index contributed by atoms with van der Waals surface area (Å²) >= 11 is 0. The van der Waals surface area contributed by atoms with Crippen molar-refractivity contribution in [3.8, 4) is 0 Å². The number of aromatic nitrogens is 4. The quantitative estimate of drug-likeness (QED) is 0.783. The Morgan fingerprint density at radius 2 is 1.90 bits per heavy atom. The highest BCUT2D eigenvalue weighted by atomic mass is 16.2. The second-order valence-corrected chi connectivity index (χ2v) is 7.89. The minimum absolute atomic E-state index is 0.0144. The van der Waals surface area contributed by atoms with Gasteiger partial charge in [-0.25, -0.2) is 4.98 Å². The van der Waals surface area contributed by atoms with Crippen LogP contribution in [0.4, 0.5) is 5.95 Å². The number of fused-ring (bicyclic) bond motifs is 1. The molecule has 0 saturated carbocycles. The maximum atomic E-state index is 12.9. The number of unbranched alkanes of at least 4 members (excludes halogenated alkanes) is 1. The number of rotatable bonds is 6. The first-order valence-corrected chi connectivity index (χ1v) is 10.3. The van der Waals surface area contributed by atoms with Crippen molar-refractivity contribution in [2.75, 3.05) is 32.4 Å². The molecule has 1 saturated heterocycles. The Balaban J connectivity index is 1.62. The van der Waals surface area contributed by atoms with E-state index in [1.807, 2.05) is 30.7 Å². The molecule has 1 fully saturated rings. The van der Waals surface area contributed by atoms with Gasteiger partial charge in [-0.3, -0.25) is 9.59 Å². The Bertz CT molecular complexity index is 900. The average Bonchev–Trinajstić information content (AvgIpc) is 3.08. The summed E-state index contributed by atoms with van der Waals surface area (Å²) in [7, 11) is 1.88. The van der Waals surface area contributed by atoms with E-state index in [-0.39, 0.29) is 30.1 Å². The molecule has 9 heteroatoms. The highest BCUT2D eigenvalue weighted by Gasteiger charge is 2.29. The molecule has 0 spiro atoms. The van der Waals surface area contributed by atoms with Crippen LogP contribution in [0.15, 0.2) is 0 Å². The van der Waals surface area contributed by atoms with E-state index in [2.05, 4.69) is 22.0 Å². The van der Waals surface area contributed by atoms with Gasteiger partial charge in [-0.1, -0.05) is 13.3 Å². The predicted octanol–water partition coefficient (Wildman–Crippen LogP) is 1.36. The fraction of sp³-hybridized carbons (Fsp3) is 0.650. The number of amides is 2. The zero-order valence-electron chi connectivity index (χ0n) is 17.8. The Kier molecular flexibility index (Phi) is 6.34. The minimum Gasteiger partial charge on any atom is -0.366 e. The van der Waals surface area contributed by atoms with E-state index in [1.54, 1.807) is 4.52 Å². The molecule has 158 valence electrons. The van der Waals surface area contributed by atoms with Crippen molar-refractivity contribution in [3.63, 3.8) is 0 Å². The first-order valence-electron chi connectivity index (χ1n) is 10.3. The smallest absolute Gasteiger partial charge is 0.254 e. The lowest BCUT2D eigenvalue weighted by molar-refractivity contribution is -0.139. The third-order valence-corrected chi connectivity index (χ3v) is 5.81. The van der Waals surface area contributed by atoms with Gasteiger partial charge < -0.3 is 15.5 Å². The molecule has 0 aliphatic carbocycles. The molecule has 2 aromatic heterocycles. The monoisotopic (exact) mass is 401 g/mol. The van der Waals surface area contributed by atoms with Crippen molar-refractivity contribution >= 4 is 23.5 Å². The Morgan fingerprint density at radius 1 is 1.21 bits per heavy atom. The van der Waals surface area contributed by atoms with Crippen LogP contribution in [-0.4, -0.2) is 67.9 Å². The molecule has 29 heavy (non-hydrogen) atoms. The summed E-state index contributed by atoms with van der Waals surface area (Å²) in [6, 6.07) is 0. The molecule has 0 bridgehead atoms. The van der Waals surface area contributed by atoms with Gasteiger partial charge in [0, 0.05) is 49.6 Å². The summed E-state index contributed by atoms with van der Waals surface area (Å²) in [5.74, 6) is 0.881. The van der Waals surface area contributed by atoms with Gasteiger partial charge in [0.05, 0.1) is 6.42 Å². The van der Waals surface area contributed by atoms with E-state index < -0.39 is 0 Å². The summed E-state index contributed by atoms with van der Waals surface area (Å²) in [5, 5.41) is 4.16. The second-order valence-electron chi connectivity index (χ2n) is 7.89. The van der Waals surface area contributed by atoms with Crippen molar-refractivity contribution in [1.82, 2.24) is 29.4 Å². The van der Waals surface area contributed by atoms with E-state index in [9.17, 15) is 9.59 Å². The van der Waals surface area contributed by atoms with Gasteiger partial charge in [-0.15, -0.1) is 5.10 Å². The van der Waals surface area contributed by atoms with Gasteiger partial charge in [0.15, 0.2) is 0 Å². The number of nitrogens with two attached hydrogens (primary N) is 1. The lowest BCUT2D eigenvalue weighted by atomic mass is 9.94. The van der Waals surface area contributed by atoms with Crippen molar-refractivity contribution in [1.29, 1.82) is 0 Å². The van der Waals surface area contributed by atoms with Crippen LogP contribution in [0.1, 0.15) is 49.6 Å². The first-order chi connectivity index (χ1) is 13.8. The number of carbonyl (C=O) groups excluding carboxylic acids is 2. The van der Waals surface area contributed by atoms with E-state index in [1.165, 1.54) is 0 Å². The SMILES string of the molecule is CCCCN(C)C(=O)C1CCN(C(=O)Cc2c(C)nc3nc(N)nn3c2C)CC1. The topological polar surface area (TPSA) is 110 Å². The molecular formula is C20H31N7O2. The largest absolute Gasteiger partial charge is 0.366 e. The molecule has 0 aromatic carbocycles. The van der Waals surface area contributed by atoms with Gasteiger partial charge in [0.25, 0.3) is 5.78 Å². The molecular weight excluding hydrogens is 370 g/mol. The van der Waals surface area contributed by atoms with Crippen LogP contribution in [0.5, 0.6) is 0 Å². The highest BCUT2D eigenvalue weighted by molar-refractivity contribution is 5.81. The van der Waals surface area contributed by atoms with Crippen LogP contribution in [0.3, 0.4) is 0 Å². The number of aryl methyl sites for hydroxylation is 2.